The average molecular weight is 282 g/mol. The van der Waals surface area contributed by atoms with Crippen LogP contribution in [0.15, 0.2) is 48.8 Å². The molecule has 1 aliphatic heterocycles. The van der Waals surface area contributed by atoms with Gasteiger partial charge in [0.25, 0.3) is 0 Å². The van der Waals surface area contributed by atoms with E-state index >= 15 is 0 Å². The second-order valence-corrected chi connectivity index (χ2v) is 4.99. The maximum atomic E-state index is 10.4. The number of pyridine rings is 1. The first-order chi connectivity index (χ1) is 10.4. The number of carbonyl (C=O) groups is 1. The SMILES string of the molecule is O=CNc1ccc(N2CCN(c3ccncc3)CC2)cc1. The van der Waals surface area contributed by atoms with E-state index in [0.717, 1.165) is 31.9 Å². The van der Waals surface area contributed by atoms with Crippen LogP contribution in [-0.4, -0.2) is 37.6 Å². The number of benzene rings is 1. The zero-order chi connectivity index (χ0) is 14.5. The first-order valence-electron chi connectivity index (χ1n) is 7.07. The minimum atomic E-state index is 0.697. The van der Waals surface area contributed by atoms with Crippen molar-refractivity contribution in [3.8, 4) is 0 Å². The Labute approximate surface area is 124 Å². The summed E-state index contributed by atoms with van der Waals surface area (Å²) < 4.78 is 0. The molecule has 1 N–H and O–H groups in total. The number of anilines is 3. The van der Waals surface area contributed by atoms with Crippen molar-refractivity contribution in [2.24, 2.45) is 0 Å². The topological polar surface area (TPSA) is 48.5 Å². The molecule has 0 radical (unpaired) electrons. The lowest BCUT2D eigenvalue weighted by Crippen LogP contribution is -2.46. The van der Waals surface area contributed by atoms with Gasteiger partial charge in [-0.15, -0.1) is 0 Å². The third-order valence-electron chi connectivity index (χ3n) is 3.77. The highest BCUT2D eigenvalue weighted by Crippen LogP contribution is 2.21. The van der Waals surface area contributed by atoms with Crippen molar-refractivity contribution < 1.29 is 4.79 Å². The molecule has 0 aliphatic carbocycles. The van der Waals surface area contributed by atoms with Gasteiger partial charge in [0.1, 0.15) is 0 Å². The van der Waals surface area contributed by atoms with Crippen molar-refractivity contribution in [1.29, 1.82) is 0 Å². The molecule has 1 aromatic heterocycles. The lowest BCUT2D eigenvalue weighted by atomic mass is 10.2. The third kappa shape index (κ3) is 3.13. The van der Waals surface area contributed by atoms with Gasteiger partial charge in [-0.1, -0.05) is 0 Å². The van der Waals surface area contributed by atoms with Crippen LogP contribution in [0.5, 0.6) is 0 Å². The highest BCUT2D eigenvalue weighted by molar-refractivity contribution is 5.72. The molecule has 2 heterocycles. The Morgan fingerprint density at radius 3 is 1.90 bits per heavy atom. The van der Waals surface area contributed by atoms with Crippen LogP contribution in [0.1, 0.15) is 0 Å². The molecule has 0 atom stereocenters. The Hall–Kier alpha value is -2.56. The van der Waals surface area contributed by atoms with Gasteiger partial charge in [-0.05, 0) is 36.4 Å². The molecule has 0 unspecified atom stereocenters. The Kier molecular flexibility index (Phi) is 4.00. The predicted octanol–water partition coefficient (Wildman–Crippen LogP) is 1.98. The largest absolute Gasteiger partial charge is 0.368 e. The van der Waals surface area contributed by atoms with E-state index in [0.29, 0.717) is 6.41 Å². The molecule has 1 saturated heterocycles. The number of carbonyl (C=O) groups excluding carboxylic acids is 1. The Balaban J connectivity index is 1.61. The Morgan fingerprint density at radius 2 is 1.38 bits per heavy atom. The van der Waals surface area contributed by atoms with E-state index in [1.165, 1.54) is 11.4 Å². The van der Waals surface area contributed by atoms with Crippen molar-refractivity contribution in [2.75, 3.05) is 41.3 Å². The van der Waals surface area contributed by atoms with E-state index in [9.17, 15) is 4.79 Å². The van der Waals surface area contributed by atoms with E-state index < -0.39 is 0 Å². The third-order valence-corrected chi connectivity index (χ3v) is 3.77. The predicted molar refractivity (Wildman–Crippen MR) is 84.8 cm³/mol. The number of hydrogen-bond donors (Lipinski definition) is 1. The van der Waals surface area contributed by atoms with E-state index in [4.69, 9.17) is 0 Å². The smallest absolute Gasteiger partial charge is 0.211 e. The minimum Gasteiger partial charge on any atom is -0.368 e. The number of amides is 1. The molecule has 0 saturated carbocycles. The fourth-order valence-corrected chi connectivity index (χ4v) is 2.61. The van der Waals surface area contributed by atoms with Gasteiger partial charge in [0.05, 0.1) is 0 Å². The molecule has 1 aromatic carbocycles. The molecule has 21 heavy (non-hydrogen) atoms. The van der Waals surface area contributed by atoms with Crippen LogP contribution in [0.25, 0.3) is 0 Å². The van der Waals surface area contributed by atoms with Crippen LogP contribution in [0.2, 0.25) is 0 Å². The lowest BCUT2D eigenvalue weighted by molar-refractivity contribution is -0.105. The van der Waals surface area contributed by atoms with Crippen LogP contribution < -0.4 is 15.1 Å². The highest BCUT2D eigenvalue weighted by Gasteiger charge is 2.17. The summed E-state index contributed by atoms with van der Waals surface area (Å²) in [6.07, 6.45) is 4.36. The molecule has 1 aliphatic rings. The lowest BCUT2D eigenvalue weighted by Gasteiger charge is -2.37. The maximum absolute atomic E-state index is 10.4. The number of hydrogen-bond acceptors (Lipinski definition) is 4. The highest BCUT2D eigenvalue weighted by atomic mass is 16.1. The molecule has 1 fully saturated rings. The van der Waals surface area contributed by atoms with Crippen molar-refractivity contribution in [3.05, 3.63) is 48.8 Å². The molecule has 5 heteroatoms. The number of piperazine rings is 1. The molecule has 0 bridgehead atoms. The van der Waals surface area contributed by atoms with Crippen LogP contribution >= 0.6 is 0 Å². The number of nitrogens with zero attached hydrogens (tertiary/aromatic N) is 3. The fourth-order valence-electron chi connectivity index (χ4n) is 2.61. The fraction of sp³-hybridized carbons (Fsp3) is 0.250. The zero-order valence-corrected chi connectivity index (χ0v) is 11.8. The normalized spacial score (nSPS) is 14.9. The van der Waals surface area contributed by atoms with Crippen molar-refractivity contribution >= 4 is 23.5 Å². The van der Waals surface area contributed by atoms with Gasteiger partial charge >= 0.3 is 0 Å². The molecule has 108 valence electrons. The Bertz CT molecular complexity index is 577. The second-order valence-electron chi connectivity index (χ2n) is 4.99. The van der Waals surface area contributed by atoms with Crippen molar-refractivity contribution in [2.45, 2.75) is 0 Å². The number of aromatic nitrogens is 1. The monoisotopic (exact) mass is 282 g/mol. The summed E-state index contributed by atoms with van der Waals surface area (Å²) in [5, 5.41) is 2.65. The van der Waals surface area contributed by atoms with Crippen molar-refractivity contribution in [3.63, 3.8) is 0 Å². The van der Waals surface area contributed by atoms with Crippen LogP contribution in [0.3, 0.4) is 0 Å². The van der Waals surface area contributed by atoms with Crippen LogP contribution in [0.4, 0.5) is 17.1 Å². The average Bonchev–Trinajstić information content (AvgIpc) is 2.57. The molecule has 3 rings (SSSR count). The molecular weight excluding hydrogens is 264 g/mol. The number of rotatable bonds is 4. The molecule has 2 aromatic rings. The quantitative estimate of drug-likeness (QED) is 0.871. The van der Waals surface area contributed by atoms with Gasteiger partial charge < -0.3 is 15.1 Å². The summed E-state index contributed by atoms with van der Waals surface area (Å²) in [6.45, 7) is 3.97. The second kappa shape index (κ2) is 6.26. The summed E-state index contributed by atoms with van der Waals surface area (Å²) in [5.41, 5.74) is 3.25. The van der Waals surface area contributed by atoms with E-state index in [1.807, 2.05) is 36.7 Å². The first-order valence-corrected chi connectivity index (χ1v) is 7.07. The molecule has 1 amide bonds. The molecule has 0 spiro atoms. The van der Waals surface area contributed by atoms with E-state index in [1.54, 1.807) is 0 Å². The van der Waals surface area contributed by atoms with E-state index in [-0.39, 0.29) is 0 Å². The van der Waals surface area contributed by atoms with Gasteiger partial charge in [-0.2, -0.15) is 0 Å². The molecular formula is C16H18N4O. The van der Waals surface area contributed by atoms with Crippen LogP contribution in [-0.2, 0) is 4.79 Å². The van der Waals surface area contributed by atoms with Gasteiger partial charge in [0.2, 0.25) is 6.41 Å². The molecule has 5 nitrogen and oxygen atoms in total. The summed E-state index contributed by atoms with van der Waals surface area (Å²) >= 11 is 0. The maximum Gasteiger partial charge on any atom is 0.211 e. The van der Waals surface area contributed by atoms with Crippen molar-refractivity contribution in [1.82, 2.24) is 4.98 Å². The van der Waals surface area contributed by atoms with Crippen LogP contribution in [0, 0.1) is 0 Å². The standard InChI is InChI=1S/C16H18N4O/c21-13-18-14-1-3-15(4-2-14)19-9-11-20(12-10-19)16-5-7-17-8-6-16/h1-8,13H,9-12H2,(H,18,21). The van der Waals surface area contributed by atoms with E-state index in [2.05, 4.69) is 32.2 Å². The summed E-state index contributed by atoms with van der Waals surface area (Å²) in [4.78, 5) is 19.2. The summed E-state index contributed by atoms with van der Waals surface area (Å²) in [5.74, 6) is 0. The minimum absolute atomic E-state index is 0.697. The zero-order valence-electron chi connectivity index (χ0n) is 11.8. The Morgan fingerprint density at radius 1 is 0.857 bits per heavy atom. The van der Waals surface area contributed by atoms with Gasteiger partial charge in [0.15, 0.2) is 0 Å². The van der Waals surface area contributed by atoms with Gasteiger partial charge in [-0.3, -0.25) is 9.78 Å². The van der Waals surface area contributed by atoms with Gasteiger partial charge in [0, 0.05) is 55.6 Å². The summed E-state index contributed by atoms with van der Waals surface area (Å²) in [6, 6.07) is 12.1. The number of nitrogens with one attached hydrogen (secondary N) is 1. The summed E-state index contributed by atoms with van der Waals surface area (Å²) in [7, 11) is 0. The first kappa shape index (κ1) is 13.4. The van der Waals surface area contributed by atoms with Gasteiger partial charge in [-0.25, -0.2) is 0 Å².